The van der Waals surface area contributed by atoms with Gasteiger partial charge in [-0.2, -0.15) is 4.99 Å². The average Bonchev–Trinajstić information content (AvgIpc) is 3.09. The Morgan fingerprint density at radius 2 is 2.20 bits per heavy atom. The number of likely N-dealkylation sites (tertiary alicyclic amines) is 1. The topological polar surface area (TPSA) is 50.5 Å². The van der Waals surface area contributed by atoms with Gasteiger partial charge in [-0.3, -0.25) is 9.55 Å². The number of hydrogen-bond acceptors (Lipinski definition) is 3. The second-order valence-electron chi connectivity index (χ2n) is 4.79. The van der Waals surface area contributed by atoms with E-state index in [1.165, 1.54) is 11.3 Å². The molecule has 0 aromatic carbocycles. The van der Waals surface area contributed by atoms with Crippen LogP contribution in [0.1, 0.15) is 17.7 Å². The molecule has 6 heteroatoms. The van der Waals surface area contributed by atoms with E-state index >= 15 is 0 Å². The third-order valence-electron chi connectivity index (χ3n) is 3.26. The minimum absolute atomic E-state index is 0.137. The fraction of sp³-hybridized carbons (Fsp3) is 0.357. The first kappa shape index (κ1) is 13.1. The second kappa shape index (κ2) is 5.58. The lowest BCUT2D eigenvalue weighted by Crippen LogP contribution is -2.27. The van der Waals surface area contributed by atoms with Gasteiger partial charge in [-0.25, -0.2) is 4.79 Å². The van der Waals surface area contributed by atoms with Crippen LogP contribution in [0.25, 0.3) is 5.69 Å². The summed E-state index contributed by atoms with van der Waals surface area (Å²) in [6.07, 6.45) is 7.64. The first-order valence-corrected chi connectivity index (χ1v) is 7.49. The van der Waals surface area contributed by atoms with Crippen LogP contribution in [0.5, 0.6) is 0 Å². The molecule has 0 spiro atoms. The number of thiazole rings is 1. The maximum atomic E-state index is 12.1. The molecule has 3 rings (SSSR count). The van der Waals surface area contributed by atoms with Crippen molar-refractivity contribution in [2.75, 3.05) is 13.1 Å². The summed E-state index contributed by atoms with van der Waals surface area (Å²) in [4.78, 5) is 24.2. The van der Waals surface area contributed by atoms with Crippen LogP contribution in [0.2, 0.25) is 0 Å². The molecule has 1 saturated heterocycles. The highest BCUT2D eigenvalue weighted by atomic mass is 32.1. The van der Waals surface area contributed by atoms with Gasteiger partial charge in [-0.15, -0.1) is 11.3 Å². The van der Waals surface area contributed by atoms with Crippen LogP contribution in [0.4, 0.5) is 4.79 Å². The number of aryl methyl sites for hydroxylation is 1. The molecule has 0 saturated carbocycles. The molecule has 1 aliphatic rings. The summed E-state index contributed by atoms with van der Waals surface area (Å²) >= 11 is 1.52. The molecule has 3 heterocycles. The third-order valence-corrected chi connectivity index (χ3v) is 4.16. The summed E-state index contributed by atoms with van der Waals surface area (Å²) in [6, 6.07) is 3.70. The molecule has 0 radical (unpaired) electrons. The lowest BCUT2D eigenvalue weighted by molar-refractivity contribution is 0.218. The van der Waals surface area contributed by atoms with Crippen molar-refractivity contribution in [1.29, 1.82) is 0 Å². The highest BCUT2D eigenvalue weighted by molar-refractivity contribution is 7.09. The van der Waals surface area contributed by atoms with Crippen molar-refractivity contribution in [3.05, 3.63) is 40.4 Å². The van der Waals surface area contributed by atoms with Crippen molar-refractivity contribution in [1.82, 2.24) is 14.5 Å². The summed E-state index contributed by atoms with van der Waals surface area (Å²) < 4.78 is 1.92. The zero-order valence-corrected chi connectivity index (χ0v) is 12.1. The van der Waals surface area contributed by atoms with E-state index in [1.54, 1.807) is 12.4 Å². The number of carbonyl (C=O) groups excluding carboxylic acids is 1. The summed E-state index contributed by atoms with van der Waals surface area (Å²) in [5.74, 6) is 0. The molecule has 0 atom stereocenters. The summed E-state index contributed by atoms with van der Waals surface area (Å²) in [5.41, 5.74) is 0.921. The van der Waals surface area contributed by atoms with Gasteiger partial charge in [-0.1, -0.05) is 0 Å². The number of amides is 2. The van der Waals surface area contributed by atoms with Gasteiger partial charge in [0.25, 0.3) is 0 Å². The van der Waals surface area contributed by atoms with Crippen molar-refractivity contribution in [2.24, 2.45) is 4.99 Å². The van der Waals surface area contributed by atoms with E-state index in [-0.39, 0.29) is 6.03 Å². The smallest absolute Gasteiger partial charge is 0.323 e. The van der Waals surface area contributed by atoms with Crippen molar-refractivity contribution in [2.45, 2.75) is 19.8 Å². The molecule has 1 aliphatic heterocycles. The molecular weight excluding hydrogens is 272 g/mol. The predicted molar refractivity (Wildman–Crippen MR) is 77.9 cm³/mol. The zero-order valence-electron chi connectivity index (χ0n) is 11.3. The molecule has 2 aromatic heterocycles. The van der Waals surface area contributed by atoms with E-state index in [0.29, 0.717) is 4.80 Å². The van der Waals surface area contributed by atoms with Gasteiger partial charge >= 0.3 is 6.03 Å². The van der Waals surface area contributed by atoms with Crippen molar-refractivity contribution >= 4 is 17.4 Å². The summed E-state index contributed by atoms with van der Waals surface area (Å²) in [6.45, 7) is 3.65. The Hall–Kier alpha value is -1.95. The van der Waals surface area contributed by atoms with E-state index < -0.39 is 0 Å². The Kier molecular flexibility index (Phi) is 3.64. The van der Waals surface area contributed by atoms with E-state index in [9.17, 15) is 4.79 Å². The first-order valence-electron chi connectivity index (χ1n) is 6.67. The molecule has 0 N–H and O–H groups in total. The molecule has 2 amide bonds. The van der Waals surface area contributed by atoms with Crippen molar-refractivity contribution in [3.8, 4) is 5.69 Å². The lowest BCUT2D eigenvalue weighted by Gasteiger charge is -2.10. The minimum Gasteiger partial charge on any atom is -0.323 e. The standard InChI is InChI=1S/C14H16N4OS/c1-11-10-18(12-5-4-6-15-9-12)14(20-11)16-13(19)17-7-2-3-8-17/h4-6,9-10H,2-3,7-8H2,1H3. The Bertz CT molecular complexity index is 668. The Balaban J connectivity index is 1.99. The van der Waals surface area contributed by atoms with Crippen LogP contribution in [0, 0.1) is 6.92 Å². The Labute approximate surface area is 121 Å². The lowest BCUT2D eigenvalue weighted by atomic mass is 10.4. The fourth-order valence-electron chi connectivity index (χ4n) is 2.28. The zero-order chi connectivity index (χ0) is 13.9. The maximum Gasteiger partial charge on any atom is 0.346 e. The van der Waals surface area contributed by atoms with Gasteiger partial charge in [-0.05, 0) is 31.9 Å². The monoisotopic (exact) mass is 288 g/mol. The van der Waals surface area contributed by atoms with Crippen LogP contribution in [-0.4, -0.2) is 33.6 Å². The number of pyridine rings is 1. The van der Waals surface area contributed by atoms with Crippen LogP contribution < -0.4 is 4.80 Å². The van der Waals surface area contributed by atoms with Gasteiger partial charge in [0, 0.05) is 30.4 Å². The van der Waals surface area contributed by atoms with E-state index in [1.807, 2.05) is 34.7 Å². The summed E-state index contributed by atoms with van der Waals surface area (Å²) in [5, 5.41) is 0. The van der Waals surface area contributed by atoms with Crippen molar-refractivity contribution in [3.63, 3.8) is 0 Å². The van der Waals surface area contributed by atoms with Gasteiger partial charge in [0.2, 0.25) is 0 Å². The molecule has 104 valence electrons. The highest BCUT2D eigenvalue weighted by Gasteiger charge is 2.17. The molecule has 20 heavy (non-hydrogen) atoms. The molecule has 2 aromatic rings. The van der Waals surface area contributed by atoms with Crippen molar-refractivity contribution < 1.29 is 4.79 Å². The van der Waals surface area contributed by atoms with E-state index in [0.717, 1.165) is 36.5 Å². The van der Waals surface area contributed by atoms with E-state index in [2.05, 4.69) is 9.98 Å². The fourth-order valence-corrected chi connectivity index (χ4v) is 3.10. The largest absolute Gasteiger partial charge is 0.346 e. The van der Waals surface area contributed by atoms with Crippen LogP contribution in [0.15, 0.2) is 35.7 Å². The Morgan fingerprint density at radius 1 is 1.40 bits per heavy atom. The van der Waals surface area contributed by atoms with E-state index in [4.69, 9.17) is 0 Å². The number of carbonyl (C=O) groups is 1. The number of nitrogens with zero attached hydrogens (tertiary/aromatic N) is 4. The normalized spacial score (nSPS) is 15.8. The first-order chi connectivity index (χ1) is 9.74. The summed E-state index contributed by atoms with van der Waals surface area (Å²) in [7, 11) is 0. The Morgan fingerprint density at radius 3 is 2.90 bits per heavy atom. The van der Waals surface area contributed by atoms with Crippen LogP contribution in [0.3, 0.4) is 0 Å². The van der Waals surface area contributed by atoms with Gasteiger partial charge in [0.15, 0.2) is 4.80 Å². The second-order valence-corrected chi connectivity index (χ2v) is 6.01. The molecule has 0 unspecified atom stereocenters. The average molecular weight is 288 g/mol. The minimum atomic E-state index is -0.137. The molecule has 0 bridgehead atoms. The third kappa shape index (κ3) is 2.65. The molecule has 1 fully saturated rings. The molecular formula is C14H16N4OS. The highest BCUT2D eigenvalue weighted by Crippen LogP contribution is 2.11. The number of hydrogen-bond donors (Lipinski definition) is 0. The predicted octanol–water partition coefficient (Wildman–Crippen LogP) is 2.36. The van der Waals surface area contributed by atoms with Crippen LogP contribution >= 0.6 is 11.3 Å². The quantitative estimate of drug-likeness (QED) is 0.809. The van der Waals surface area contributed by atoms with Gasteiger partial charge in [0.05, 0.1) is 11.9 Å². The molecule has 0 aliphatic carbocycles. The van der Waals surface area contributed by atoms with Crippen LogP contribution in [-0.2, 0) is 0 Å². The maximum absolute atomic E-state index is 12.1. The SMILES string of the molecule is Cc1cn(-c2cccnc2)c(=NC(=O)N2CCCC2)s1. The number of rotatable bonds is 1. The number of aromatic nitrogens is 2. The molecule has 5 nitrogen and oxygen atoms in total. The van der Waals surface area contributed by atoms with Gasteiger partial charge in [0.1, 0.15) is 0 Å². The van der Waals surface area contributed by atoms with Gasteiger partial charge < -0.3 is 4.90 Å². The number of urea groups is 1.